The molecule has 0 saturated heterocycles. The number of hydrogen-bond donors (Lipinski definition) is 3. The molecule has 0 aliphatic heterocycles. The van der Waals surface area contributed by atoms with Crippen LogP contribution in [0.5, 0.6) is 0 Å². The Hall–Kier alpha value is -3.39. The summed E-state index contributed by atoms with van der Waals surface area (Å²) < 4.78 is 5.61. The van der Waals surface area contributed by atoms with Gasteiger partial charge in [0.2, 0.25) is 5.91 Å². The van der Waals surface area contributed by atoms with Crippen LogP contribution in [0.25, 0.3) is 11.1 Å². The average Bonchev–Trinajstić information content (AvgIpc) is 3.19. The molecule has 2 aliphatic carbocycles. The van der Waals surface area contributed by atoms with E-state index in [9.17, 15) is 19.5 Å². The number of carboxylic acids is 1. The van der Waals surface area contributed by atoms with Crippen molar-refractivity contribution in [3.63, 3.8) is 0 Å². The lowest BCUT2D eigenvalue weighted by Crippen LogP contribution is -2.46. The average molecular weight is 481 g/mol. The number of benzene rings is 2. The summed E-state index contributed by atoms with van der Waals surface area (Å²) in [5.41, 5.74) is 4.60. The van der Waals surface area contributed by atoms with Crippen LogP contribution in [0.1, 0.15) is 42.7 Å². The number of hydrogen-bond acceptors (Lipinski definition) is 5. The first-order chi connectivity index (χ1) is 17.0. The molecule has 3 N–H and O–H groups in total. The van der Waals surface area contributed by atoms with Crippen LogP contribution in [-0.4, -0.2) is 65.9 Å². The molecule has 8 nitrogen and oxygen atoms in total. The largest absolute Gasteiger partial charge is 0.480 e. The maximum Gasteiger partial charge on any atom is 0.407 e. The Bertz CT molecular complexity index is 1030. The Morgan fingerprint density at radius 2 is 1.60 bits per heavy atom. The number of aliphatic hydroxyl groups is 1. The van der Waals surface area contributed by atoms with Gasteiger partial charge >= 0.3 is 12.1 Å². The molecule has 2 amide bonds. The molecule has 1 saturated carbocycles. The maximum atomic E-state index is 13.0. The number of amides is 2. The maximum absolute atomic E-state index is 13.0. The van der Waals surface area contributed by atoms with E-state index in [1.54, 1.807) is 0 Å². The molecule has 0 aromatic heterocycles. The lowest BCUT2D eigenvalue weighted by Gasteiger charge is -2.34. The third-order valence-electron chi connectivity index (χ3n) is 7.09. The number of aliphatic carboxylic acids is 1. The number of nitrogens with zero attached hydrogens (tertiary/aromatic N) is 1. The molecule has 8 heteroatoms. The van der Waals surface area contributed by atoms with Crippen molar-refractivity contribution in [1.29, 1.82) is 0 Å². The molecule has 0 radical (unpaired) electrons. The minimum atomic E-state index is -1.11. The predicted octanol–water partition coefficient (Wildman–Crippen LogP) is 3.24. The summed E-state index contributed by atoms with van der Waals surface area (Å²) in [5.74, 6) is -1.91. The van der Waals surface area contributed by atoms with E-state index >= 15 is 0 Å². The lowest BCUT2D eigenvalue weighted by atomic mass is 9.78. The van der Waals surface area contributed by atoms with E-state index in [-0.39, 0.29) is 50.0 Å². The number of aliphatic hydroxyl groups excluding tert-OH is 1. The van der Waals surface area contributed by atoms with E-state index < -0.39 is 18.6 Å². The summed E-state index contributed by atoms with van der Waals surface area (Å²) >= 11 is 0. The second kappa shape index (κ2) is 11.4. The zero-order valence-corrected chi connectivity index (χ0v) is 19.7. The molecule has 35 heavy (non-hydrogen) atoms. The number of nitrogens with one attached hydrogen (secondary N) is 1. The Labute approximate surface area is 204 Å². The first-order valence-electron chi connectivity index (χ1n) is 12.2. The van der Waals surface area contributed by atoms with Gasteiger partial charge < -0.3 is 25.2 Å². The van der Waals surface area contributed by atoms with Gasteiger partial charge in [-0.3, -0.25) is 9.59 Å². The topological polar surface area (TPSA) is 116 Å². The highest BCUT2D eigenvalue weighted by atomic mass is 16.5. The van der Waals surface area contributed by atoms with Gasteiger partial charge in [0.15, 0.2) is 0 Å². The van der Waals surface area contributed by atoms with Crippen molar-refractivity contribution in [2.24, 2.45) is 11.8 Å². The summed E-state index contributed by atoms with van der Waals surface area (Å²) in [6.07, 6.45) is 2.69. The zero-order valence-electron chi connectivity index (χ0n) is 19.7. The van der Waals surface area contributed by atoms with Crippen LogP contribution < -0.4 is 5.32 Å². The van der Waals surface area contributed by atoms with E-state index in [0.717, 1.165) is 41.5 Å². The van der Waals surface area contributed by atoms with Gasteiger partial charge in [0.05, 0.1) is 6.61 Å². The monoisotopic (exact) mass is 480 g/mol. The van der Waals surface area contributed by atoms with Crippen molar-refractivity contribution in [3.8, 4) is 11.1 Å². The molecule has 2 aliphatic rings. The number of fused-ring (bicyclic) bond motifs is 3. The van der Waals surface area contributed by atoms with E-state index in [4.69, 9.17) is 9.84 Å². The normalized spacial score (nSPS) is 18.9. The molecule has 0 bridgehead atoms. The minimum absolute atomic E-state index is 0.0197. The molecule has 4 rings (SSSR count). The van der Waals surface area contributed by atoms with Crippen LogP contribution in [0.4, 0.5) is 4.79 Å². The molecule has 2 aromatic carbocycles. The lowest BCUT2D eigenvalue weighted by molar-refractivity contribution is -0.148. The van der Waals surface area contributed by atoms with Crippen LogP contribution in [0.15, 0.2) is 48.5 Å². The van der Waals surface area contributed by atoms with Gasteiger partial charge in [0.25, 0.3) is 0 Å². The van der Waals surface area contributed by atoms with Gasteiger partial charge in [-0.25, -0.2) is 4.79 Å². The molecular weight excluding hydrogens is 448 g/mol. The molecule has 2 atom stereocenters. The van der Waals surface area contributed by atoms with E-state index in [1.165, 1.54) is 4.90 Å². The second-order valence-corrected chi connectivity index (χ2v) is 9.23. The molecule has 0 heterocycles. The number of alkyl carbamates (subject to hydrolysis) is 1. The highest BCUT2D eigenvalue weighted by Crippen LogP contribution is 2.44. The minimum Gasteiger partial charge on any atom is -0.480 e. The van der Waals surface area contributed by atoms with E-state index in [2.05, 4.69) is 29.6 Å². The Morgan fingerprint density at radius 3 is 2.23 bits per heavy atom. The summed E-state index contributed by atoms with van der Waals surface area (Å²) in [6, 6.07) is 16.3. The van der Waals surface area contributed by atoms with Crippen LogP contribution in [0, 0.1) is 11.8 Å². The fraction of sp³-hybridized carbons (Fsp3) is 0.444. The van der Waals surface area contributed by atoms with Crippen molar-refractivity contribution in [2.75, 3.05) is 32.8 Å². The molecule has 186 valence electrons. The number of carboxylic acid groups (broad SMARTS) is 1. The van der Waals surface area contributed by atoms with Gasteiger partial charge in [0, 0.05) is 24.9 Å². The van der Waals surface area contributed by atoms with Crippen molar-refractivity contribution >= 4 is 18.0 Å². The van der Waals surface area contributed by atoms with Crippen LogP contribution in [-0.2, 0) is 14.3 Å². The molecule has 2 aromatic rings. The number of rotatable bonds is 9. The number of carbonyl (C=O) groups is 3. The van der Waals surface area contributed by atoms with Gasteiger partial charge in [0.1, 0.15) is 13.2 Å². The van der Waals surface area contributed by atoms with Crippen molar-refractivity contribution in [1.82, 2.24) is 10.2 Å². The van der Waals surface area contributed by atoms with Gasteiger partial charge in [-0.1, -0.05) is 61.4 Å². The van der Waals surface area contributed by atoms with Crippen molar-refractivity contribution in [3.05, 3.63) is 59.7 Å². The first-order valence-corrected chi connectivity index (χ1v) is 12.2. The summed E-state index contributed by atoms with van der Waals surface area (Å²) in [6.45, 7) is -0.256. The van der Waals surface area contributed by atoms with Gasteiger partial charge in [-0.05, 0) is 41.0 Å². The van der Waals surface area contributed by atoms with Crippen molar-refractivity contribution in [2.45, 2.75) is 31.6 Å². The van der Waals surface area contributed by atoms with Gasteiger partial charge in [-0.15, -0.1) is 0 Å². The molecule has 0 unspecified atom stereocenters. The molecular formula is C27H32N2O6. The summed E-state index contributed by atoms with van der Waals surface area (Å²) in [7, 11) is 0. The Balaban J connectivity index is 1.35. The molecule has 0 spiro atoms. The van der Waals surface area contributed by atoms with Crippen molar-refractivity contribution < 1.29 is 29.3 Å². The highest BCUT2D eigenvalue weighted by Gasteiger charge is 2.35. The summed E-state index contributed by atoms with van der Waals surface area (Å²) in [4.78, 5) is 38.0. The smallest absolute Gasteiger partial charge is 0.407 e. The quantitative estimate of drug-likeness (QED) is 0.507. The van der Waals surface area contributed by atoms with E-state index in [1.807, 2.05) is 24.3 Å². The first kappa shape index (κ1) is 24.7. The van der Waals surface area contributed by atoms with Crippen LogP contribution in [0.2, 0.25) is 0 Å². The number of carbonyl (C=O) groups excluding carboxylic acids is 2. The fourth-order valence-electron chi connectivity index (χ4n) is 5.43. The molecule has 1 fully saturated rings. The third kappa shape index (κ3) is 5.65. The van der Waals surface area contributed by atoms with E-state index in [0.29, 0.717) is 6.42 Å². The Kier molecular flexibility index (Phi) is 8.02. The second-order valence-electron chi connectivity index (χ2n) is 9.23. The number of ether oxygens (including phenoxy) is 1. The van der Waals surface area contributed by atoms with Crippen LogP contribution >= 0.6 is 0 Å². The van der Waals surface area contributed by atoms with Crippen LogP contribution in [0.3, 0.4) is 0 Å². The third-order valence-corrected chi connectivity index (χ3v) is 7.09. The predicted molar refractivity (Wildman–Crippen MR) is 130 cm³/mol. The highest BCUT2D eigenvalue weighted by molar-refractivity contribution is 5.83. The fourth-order valence-corrected chi connectivity index (χ4v) is 5.43. The standard InChI is InChI=1S/C27H32N2O6/c30-14-13-29(16-25(31)32)26(33)19-8-2-1-7-18(19)15-28-27(34)35-17-24-22-11-5-3-9-20(22)21-10-4-6-12-23(21)24/h3-6,9-12,18-19,24,30H,1-2,7-8,13-17H2,(H,28,34)(H,31,32)/t18-,19-/m1/s1. The SMILES string of the molecule is O=C(O)CN(CCO)C(=O)[C@@H]1CCCC[C@@H]1CNC(=O)OCC1c2ccccc2-c2ccccc21. The zero-order chi connectivity index (χ0) is 24.8. The summed E-state index contributed by atoms with van der Waals surface area (Å²) in [5, 5.41) is 21.2. The van der Waals surface area contributed by atoms with Gasteiger partial charge in [-0.2, -0.15) is 0 Å². The Morgan fingerprint density at radius 1 is 0.971 bits per heavy atom.